The van der Waals surface area contributed by atoms with Crippen LogP contribution in [0, 0.1) is 0 Å². The molecule has 0 spiro atoms. The summed E-state index contributed by atoms with van der Waals surface area (Å²) < 4.78 is 0. The molecule has 2 unspecified atom stereocenters. The fourth-order valence-corrected chi connectivity index (χ4v) is 3.21. The minimum Gasteiger partial charge on any atom is -0.387 e. The lowest BCUT2D eigenvalue weighted by Gasteiger charge is -2.18. The van der Waals surface area contributed by atoms with Gasteiger partial charge in [0.05, 0.1) is 6.10 Å². The van der Waals surface area contributed by atoms with Gasteiger partial charge in [-0.15, -0.1) is 22.7 Å². The van der Waals surface area contributed by atoms with Gasteiger partial charge in [-0.3, -0.25) is 0 Å². The lowest BCUT2D eigenvalue weighted by Crippen LogP contribution is -2.18. The molecule has 2 aromatic heterocycles. The third kappa shape index (κ3) is 2.29. The van der Waals surface area contributed by atoms with Crippen LogP contribution < -0.4 is 5.73 Å². The van der Waals surface area contributed by atoms with Gasteiger partial charge in [-0.1, -0.05) is 12.1 Å². The van der Waals surface area contributed by atoms with E-state index in [1.54, 1.807) is 22.7 Å². The van der Waals surface area contributed by atoms with E-state index < -0.39 is 6.10 Å². The normalized spacial score (nSPS) is 15.1. The third-order valence-corrected chi connectivity index (χ3v) is 4.33. The fourth-order valence-electron chi connectivity index (χ4n) is 1.56. The predicted octanol–water partition coefficient (Wildman–Crippen LogP) is 2.59. The molecule has 0 saturated carbocycles. The van der Waals surface area contributed by atoms with Crippen molar-refractivity contribution in [2.45, 2.75) is 12.0 Å². The second-order valence-electron chi connectivity index (χ2n) is 3.32. The third-order valence-electron chi connectivity index (χ3n) is 2.38. The Morgan fingerprint density at radius 2 is 1.73 bits per heavy atom. The van der Waals surface area contributed by atoms with E-state index in [0.29, 0.717) is 6.54 Å². The molecule has 2 nitrogen and oxygen atoms in total. The van der Waals surface area contributed by atoms with Crippen LogP contribution in [-0.2, 0) is 0 Å². The lowest BCUT2D eigenvalue weighted by molar-refractivity contribution is 0.152. The summed E-state index contributed by atoms with van der Waals surface area (Å²) in [4.78, 5) is 2.14. The average molecular weight is 239 g/mol. The Hall–Kier alpha value is -0.680. The van der Waals surface area contributed by atoms with Crippen LogP contribution in [0.1, 0.15) is 21.8 Å². The lowest BCUT2D eigenvalue weighted by atomic mass is 9.99. The second kappa shape index (κ2) is 4.90. The Morgan fingerprint density at radius 1 is 1.13 bits per heavy atom. The largest absolute Gasteiger partial charge is 0.387 e. The maximum atomic E-state index is 10.2. The predicted molar refractivity (Wildman–Crippen MR) is 65.4 cm³/mol. The van der Waals surface area contributed by atoms with Crippen molar-refractivity contribution in [3.8, 4) is 0 Å². The number of nitrogens with two attached hydrogens (primary N) is 1. The zero-order valence-corrected chi connectivity index (χ0v) is 9.80. The van der Waals surface area contributed by atoms with E-state index in [9.17, 15) is 5.11 Å². The Bertz CT molecular complexity index is 383. The first-order valence-electron chi connectivity index (χ1n) is 4.78. The Morgan fingerprint density at radius 3 is 2.20 bits per heavy atom. The van der Waals surface area contributed by atoms with Gasteiger partial charge in [-0.05, 0) is 22.9 Å². The SMILES string of the molecule is NCC(c1cccs1)C(O)c1cccs1. The first-order chi connectivity index (χ1) is 7.33. The molecular formula is C11H13NOS2. The highest BCUT2D eigenvalue weighted by Crippen LogP contribution is 2.34. The first kappa shape index (κ1) is 10.8. The van der Waals surface area contributed by atoms with Gasteiger partial charge in [0, 0.05) is 22.2 Å². The van der Waals surface area contributed by atoms with E-state index in [0.717, 1.165) is 9.75 Å². The first-order valence-corrected chi connectivity index (χ1v) is 6.54. The van der Waals surface area contributed by atoms with Gasteiger partial charge in [-0.25, -0.2) is 0 Å². The Balaban J connectivity index is 2.21. The van der Waals surface area contributed by atoms with Crippen molar-refractivity contribution in [2.75, 3.05) is 6.54 Å². The number of rotatable bonds is 4. The summed E-state index contributed by atoms with van der Waals surface area (Å²) in [6.45, 7) is 0.472. The maximum absolute atomic E-state index is 10.2. The minimum atomic E-state index is -0.478. The number of hydrogen-bond donors (Lipinski definition) is 2. The highest BCUT2D eigenvalue weighted by atomic mass is 32.1. The van der Waals surface area contributed by atoms with Crippen molar-refractivity contribution in [1.29, 1.82) is 0 Å². The summed E-state index contributed by atoms with van der Waals surface area (Å²) in [5, 5.41) is 14.2. The van der Waals surface area contributed by atoms with Crippen LogP contribution in [0.5, 0.6) is 0 Å². The number of aliphatic hydroxyl groups is 1. The van der Waals surface area contributed by atoms with Gasteiger partial charge in [0.1, 0.15) is 0 Å². The molecule has 0 aliphatic rings. The summed E-state index contributed by atoms with van der Waals surface area (Å²) in [6, 6.07) is 7.92. The molecule has 2 aromatic rings. The van der Waals surface area contributed by atoms with Crippen molar-refractivity contribution in [3.63, 3.8) is 0 Å². The quantitative estimate of drug-likeness (QED) is 0.861. The Labute approximate surface area is 97.0 Å². The van der Waals surface area contributed by atoms with Gasteiger partial charge in [0.15, 0.2) is 0 Å². The molecule has 15 heavy (non-hydrogen) atoms. The van der Waals surface area contributed by atoms with Gasteiger partial charge in [0.2, 0.25) is 0 Å². The molecule has 0 saturated heterocycles. The molecule has 2 heterocycles. The molecular weight excluding hydrogens is 226 g/mol. The second-order valence-corrected chi connectivity index (χ2v) is 5.28. The van der Waals surface area contributed by atoms with Crippen LogP contribution in [0.15, 0.2) is 35.0 Å². The molecule has 0 amide bonds. The summed E-state index contributed by atoms with van der Waals surface area (Å²) in [6.07, 6.45) is -0.478. The van der Waals surface area contributed by atoms with E-state index in [4.69, 9.17) is 5.73 Å². The molecule has 0 aliphatic heterocycles. The molecule has 0 bridgehead atoms. The van der Waals surface area contributed by atoms with E-state index in [1.165, 1.54) is 0 Å². The fraction of sp³-hybridized carbons (Fsp3) is 0.273. The topological polar surface area (TPSA) is 46.2 Å². The zero-order valence-electron chi connectivity index (χ0n) is 8.17. The molecule has 4 heteroatoms. The van der Waals surface area contributed by atoms with Crippen molar-refractivity contribution in [3.05, 3.63) is 44.8 Å². The van der Waals surface area contributed by atoms with Crippen LogP contribution in [0.2, 0.25) is 0 Å². The summed E-state index contributed by atoms with van der Waals surface area (Å²) in [7, 11) is 0. The zero-order chi connectivity index (χ0) is 10.7. The van der Waals surface area contributed by atoms with E-state index in [1.807, 2.05) is 35.0 Å². The molecule has 2 atom stereocenters. The molecule has 0 fully saturated rings. The highest BCUT2D eigenvalue weighted by Gasteiger charge is 2.22. The van der Waals surface area contributed by atoms with E-state index in [2.05, 4.69) is 0 Å². The van der Waals surface area contributed by atoms with Crippen molar-refractivity contribution in [2.24, 2.45) is 5.73 Å². The molecule has 2 rings (SSSR count). The molecule has 80 valence electrons. The number of thiophene rings is 2. The molecule has 0 radical (unpaired) electrons. The van der Waals surface area contributed by atoms with Crippen molar-refractivity contribution < 1.29 is 5.11 Å². The van der Waals surface area contributed by atoms with Gasteiger partial charge in [0.25, 0.3) is 0 Å². The van der Waals surface area contributed by atoms with E-state index in [-0.39, 0.29) is 5.92 Å². The minimum absolute atomic E-state index is 0.0173. The molecule has 3 N–H and O–H groups in total. The summed E-state index contributed by atoms with van der Waals surface area (Å²) in [5.74, 6) is 0.0173. The summed E-state index contributed by atoms with van der Waals surface area (Å²) in [5.41, 5.74) is 5.72. The van der Waals surface area contributed by atoms with Gasteiger partial charge in [-0.2, -0.15) is 0 Å². The smallest absolute Gasteiger partial charge is 0.0970 e. The van der Waals surface area contributed by atoms with Gasteiger partial charge >= 0.3 is 0 Å². The average Bonchev–Trinajstić information content (AvgIpc) is 2.91. The monoisotopic (exact) mass is 239 g/mol. The standard InChI is InChI=1S/C11H13NOS2/c12-7-8(9-3-1-5-14-9)11(13)10-4-2-6-15-10/h1-6,8,11,13H,7,12H2. The molecule has 0 aliphatic carbocycles. The van der Waals surface area contributed by atoms with Crippen molar-refractivity contribution >= 4 is 22.7 Å². The number of aliphatic hydroxyl groups excluding tert-OH is 1. The summed E-state index contributed by atoms with van der Waals surface area (Å²) >= 11 is 3.22. The van der Waals surface area contributed by atoms with Crippen LogP contribution in [-0.4, -0.2) is 11.7 Å². The van der Waals surface area contributed by atoms with Crippen LogP contribution in [0.25, 0.3) is 0 Å². The van der Waals surface area contributed by atoms with E-state index >= 15 is 0 Å². The van der Waals surface area contributed by atoms with Crippen LogP contribution >= 0.6 is 22.7 Å². The number of hydrogen-bond acceptors (Lipinski definition) is 4. The molecule has 0 aromatic carbocycles. The van der Waals surface area contributed by atoms with Crippen molar-refractivity contribution in [1.82, 2.24) is 0 Å². The van der Waals surface area contributed by atoms with Crippen LogP contribution in [0.3, 0.4) is 0 Å². The van der Waals surface area contributed by atoms with Crippen LogP contribution in [0.4, 0.5) is 0 Å². The maximum Gasteiger partial charge on any atom is 0.0970 e. The Kier molecular flexibility index (Phi) is 3.53. The van der Waals surface area contributed by atoms with Gasteiger partial charge < -0.3 is 10.8 Å². The highest BCUT2D eigenvalue weighted by molar-refractivity contribution is 7.10.